The molecule has 0 radical (unpaired) electrons. The molecule has 0 aliphatic carbocycles. The molecule has 4 nitrogen and oxygen atoms in total. The van der Waals surface area contributed by atoms with Gasteiger partial charge in [0.15, 0.2) is 6.10 Å². The van der Waals surface area contributed by atoms with Crippen molar-refractivity contribution in [2.24, 2.45) is 0 Å². The number of piperidine rings is 1. The number of para-hydroxylation sites is 1. The Morgan fingerprint density at radius 2 is 2.05 bits per heavy atom. The summed E-state index contributed by atoms with van der Waals surface area (Å²) in [4.78, 5) is 14.5. The number of amides is 1. The number of hydrogen-bond donors (Lipinski definition) is 1. The Morgan fingerprint density at radius 1 is 1.35 bits per heavy atom. The third kappa shape index (κ3) is 2.40. The summed E-state index contributed by atoms with van der Waals surface area (Å²) >= 11 is 0. The van der Waals surface area contributed by atoms with Gasteiger partial charge in [0.1, 0.15) is 5.75 Å². The number of benzene rings is 1. The average molecular weight is 274 g/mol. The maximum absolute atomic E-state index is 12.5. The zero-order chi connectivity index (χ0) is 14.2. The van der Waals surface area contributed by atoms with Gasteiger partial charge in [-0.3, -0.25) is 4.79 Å². The lowest BCUT2D eigenvalue weighted by molar-refractivity contribution is -0.139. The Balaban J connectivity index is 1.62. The molecule has 0 saturated carbocycles. The zero-order valence-corrected chi connectivity index (χ0v) is 12.2. The molecular formula is C16H22N2O2. The van der Waals surface area contributed by atoms with Gasteiger partial charge in [-0.05, 0) is 38.4 Å². The molecule has 1 aromatic rings. The first-order chi connectivity index (χ1) is 9.61. The lowest BCUT2D eigenvalue weighted by atomic mass is 9.89. The number of carbonyl (C=O) groups excluding carboxylic acids is 1. The van der Waals surface area contributed by atoms with E-state index in [9.17, 15) is 4.79 Å². The highest BCUT2D eigenvalue weighted by Crippen LogP contribution is 2.30. The van der Waals surface area contributed by atoms with Crippen LogP contribution >= 0.6 is 0 Å². The summed E-state index contributed by atoms with van der Waals surface area (Å²) in [6.07, 6.45) is 2.37. The van der Waals surface area contributed by atoms with Gasteiger partial charge in [-0.2, -0.15) is 0 Å². The largest absolute Gasteiger partial charge is 0.480 e. The lowest BCUT2D eigenvalue weighted by Gasteiger charge is -2.39. The summed E-state index contributed by atoms with van der Waals surface area (Å²) < 4.78 is 5.79. The van der Waals surface area contributed by atoms with Crippen molar-refractivity contribution in [2.75, 3.05) is 20.1 Å². The van der Waals surface area contributed by atoms with Crippen LogP contribution in [0.4, 0.5) is 0 Å². The molecule has 108 valence electrons. The van der Waals surface area contributed by atoms with Gasteiger partial charge in [-0.25, -0.2) is 0 Å². The fourth-order valence-electron chi connectivity index (χ4n) is 2.99. The number of carbonyl (C=O) groups is 1. The number of hydrogen-bond acceptors (Lipinski definition) is 3. The number of ether oxygens (including phenoxy) is 1. The number of likely N-dealkylation sites (tertiary alicyclic amines) is 1. The predicted molar refractivity (Wildman–Crippen MR) is 77.8 cm³/mol. The predicted octanol–water partition coefficient (Wildman–Crippen LogP) is 1.59. The number of nitrogens with one attached hydrogen (secondary N) is 1. The summed E-state index contributed by atoms with van der Waals surface area (Å²) in [5.41, 5.74) is 1.30. The lowest BCUT2D eigenvalue weighted by Crippen LogP contribution is -2.53. The molecule has 20 heavy (non-hydrogen) atoms. The molecule has 2 aliphatic rings. The number of rotatable bonds is 2. The van der Waals surface area contributed by atoms with Gasteiger partial charge in [-0.1, -0.05) is 18.2 Å². The van der Waals surface area contributed by atoms with Crippen LogP contribution in [0.15, 0.2) is 24.3 Å². The van der Waals surface area contributed by atoms with Gasteiger partial charge in [0.05, 0.1) is 0 Å². The van der Waals surface area contributed by atoms with Crippen LogP contribution in [0.25, 0.3) is 0 Å². The SMILES string of the molecule is CNC1(C)CCN(C(=O)C2Cc3ccccc3O2)CC1. The van der Waals surface area contributed by atoms with Crippen LogP contribution < -0.4 is 10.1 Å². The van der Waals surface area contributed by atoms with Crippen LogP contribution in [0, 0.1) is 0 Å². The van der Waals surface area contributed by atoms with Crippen LogP contribution in [-0.2, 0) is 11.2 Å². The van der Waals surface area contributed by atoms with Gasteiger partial charge in [0.25, 0.3) is 5.91 Å². The fourth-order valence-corrected chi connectivity index (χ4v) is 2.99. The first kappa shape index (κ1) is 13.4. The quantitative estimate of drug-likeness (QED) is 0.890. The van der Waals surface area contributed by atoms with Crippen molar-refractivity contribution < 1.29 is 9.53 Å². The normalized spacial score (nSPS) is 24.1. The second-order valence-electron chi connectivity index (χ2n) is 6.05. The molecule has 1 atom stereocenters. The van der Waals surface area contributed by atoms with Crippen molar-refractivity contribution in [3.8, 4) is 5.75 Å². The molecule has 0 bridgehead atoms. The third-order valence-corrected chi connectivity index (χ3v) is 4.70. The second kappa shape index (κ2) is 5.09. The zero-order valence-electron chi connectivity index (χ0n) is 12.2. The summed E-state index contributed by atoms with van der Waals surface area (Å²) in [6.45, 7) is 3.84. The Morgan fingerprint density at radius 3 is 2.70 bits per heavy atom. The summed E-state index contributed by atoms with van der Waals surface area (Å²) in [7, 11) is 1.99. The first-order valence-corrected chi connectivity index (χ1v) is 7.33. The van der Waals surface area contributed by atoms with E-state index in [1.807, 2.05) is 36.2 Å². The van der Waals surface area contributed by atoms with Gasteiger partial charge in [0.2, 0.25) is 0 Å². The third-order valence-electron chi connectivity index (χ3n) is 4.70. The maximum atomic E-state index is 12.5. The van der Waals surface area contributed by atoms with E-state index in [1.165, 1.54) is 0 Å². The molecule has 1 amide bonds. The van der Waals surface area contributed by atoms with E-state index in [-0.39, 0.29) is 17.6 Å². The Hall–Kier alpha value is -1.55. The van der Waals surface area contributed by atoms with Crippen molar-refractivity contribution in [3.05, 3.63) is 29.8 Å². The molecule has 1 fully saturated rings. The van der Waals surface area contributed by atoms with Crippen LogP contribution in [-0.4, -0.2) is 42.6 Å². The molecule has 0 aromatic heterocycles. The van der Waals surface area contributed by atoms with Crippen molar-refractivity contribution in [1.82, 2.24) is 10.2 Å². The van der Waals surface area contributed by atoms with Gasteiger partial charge in [-0.15, -0.1) is 0 Å². The summed E-state index contributed by atoms with van der Waals surface area (Å²) in [5.74, 6) is 1.00. The molecule has 0 spiro atoms. The van der Waals surface area contributed by atoms with Crippen molar-refractivity contribution >= 4 is 5.91 Å². The van der Waals surface area contributed by atoms with E-state index in [0.29, 0.717) is 6.42 Å². The van der Waals surface area contributed by atoms with Crippen molar-refractivity contribution in [3.63, 3.8) is 0 Å². The van der Waals surface area contributed by atoms with Gasteiger partial charge in [0, 0.05) is 25.0 Å². The van der Waals surface area contributed by atoms with E-state index in [0.717, 1.165) is 37.2 Å². The molecule has 3 rings (SSSR count). The van der Waals surface area contributed by atoms with Gasteiger partial charge >= 0.3 is 0 Å². The average Bonchev–Trinajstić information content (AvgIpc) is 2.91. The molecule has 1 unspecified atom stereocenters. The minimum atomic E-state index is -0.327. The standard InChI is InChI=1S/C16H22N2O2/c1-16(17-2)7-9-18(10-8-16)15(19)14-11-12-5-3-4-6-13(12)20-14/h3-6,14,17H,7-11H2,1-2H3. The molecule has 4 heteroatoms. The summed E-state index contributed by atoms with van der Waals surface area (Å²) in [5, 5.41) is 3.35. The molecule has 2 heterocycles. The van der Waals surface area contributed by atoms with Crippen LogP contribution in [0.5, 0.6) is 5.75 Å². The second-order valence-corrected chi connectivity index (χ2v) is 6.05. The van der Waals surface area contributed by atoms with Crippen molar-refractivity contribution in [2.45, 2.75) is 37.8 Å². The highest BCUT2D eigenvalue weighted by molar-refractivity contribution is 5.82. The van der Waals surface area contributed by atoms with Crippen LogP contribution in [0.1, 0.15) is 25.3 Å². The van der Waals surface area contributed by atoms with E-state index in [4.69, 9.17) is 4.74 Å². The molecular weight excluding hydrogens is 252 g/mol. The van der Waals surface area contributed by atoms with E-state index < -0.39 is 0 Å². The van der Waals surface area contributed by atoms with Crippen LogP contribution in [0.2, 0.25) is 0 Å². The molecule has 1 aromatic carbocycles. The highest BCUT2D eigenvalue weighted by Gasteiger charge is 2.36. The number of fused-ring (bicyclic) bond motifs is 1. The molecule has 1 N–H and O–H groups in total. The van der Waals surface area contributed by atoms with Crippen molar-refractivity contribution in [1.29, 1.82) is 0 Å². The fraction of sp³-hybridized carbons (Fsp3) is 0.562. The molecule has 2 aliphatic heterocycles. The Labute approximate surface area is 120 Å². The first-order valence-electron chi connectivity index (χ1n) is 7.33. The van der Waals surface area contributed by atoms with E-state index >= 15 is 0 Å². The van der Waals surface area contributed by atoms with Gasteiger partial charge < -0.3 is 15.0 Å². The maximum Gasteiger partial charge on any atom is 0.263 e. The molecule has 1 saturated heterocycles. The highest BCUT2D eigenvalue weighted by atomic mass is 16.5. The monoisotopic (exact) mass is 274 g/mol. The van der Waals surface area contributed by atoms with E-state index in [2.05, 4.69) is 12.2 Å². The number of nitrogens with zero attached hydrogens (tertiary/aromatic N) is 1. The minimum absolute atomic E-state index is 0.138. The summed E-state index contributed by atoms with van der Waals surface area (Å²) in [6, 6.07) is 7.92. The Kier molecular flexibility index (Phi) is 3.42. The Bertz CT molecular complexity index is 482. The van der Waals surface area contributed by atoms with Crippen LogP contribution in [0.3, 0.4) is 0 Å². The van der Waals surface area contributed by atoms with E-state index in [1.54, 1.807) is 0 Å². The topological polar surface area (TPSA) is 41.6 Å². The smallest absolute Gasteiger partial charge is 0.263 e. The minimum Gasteiger partial charge on any atom is -0.480 e.